The fourth-order valence-corrected chi connectivity index (χ4v) is 1.74. The van der Waals surface area contributed by atoms with Crippen LogP contribution >= 0.6 is 12.2 Å². The predicted molar refractivity (Wildman–Crippen MR) is 83.8 cm³/mol. The topological polar surface area (TPSA) is 86.9 Å². The van der Waals surface area contributed by atoms with Crippen LogP contribution in [0.4, 0.5) is 5.69 Å². The maximum Gasteiger partial charge on any atom is 0.335 e. The number of thiocarbonyl (C=S) groups is 1. The number of benzene rings is 1. The maximum atomic E-state index is 10.9. The molecule has 7 heteroatoms. The molecule has 21 heavy (non-hydrogen) atoms. The summed E-state index contributed by atoms with van der Waals surface area (Å²) in [6.07, 6.45) is 1.49. The van der Waals surface area contributed by atoms with Crippen LogP contribution in [-0.2, 0) is 0 Å². The molecule has 2 aromatic rings. The lowest BCUT2D eigenvalue weighted by molar-refractivity contribution is 0.0697. The van der Waals surface area contributed by atoms with Gasteiger partial charge in [0.05, 0.1) is 11.8 Å². The fraction of sp³-hybridized carbons (Fsp3) is 0.0714. The molecular weight excluding hydrogens is 290 g/mol. The minimum Gasteiger partial charge on any atom is -0.478 e. The molecule has 108 valence electrons. The average Bonchev–Trinajstić information content (AvgIpc) is 2.84. The van der Waals surface area contributed by atoms with Crippen molar-refractivity contribution in [3.05, 3.63) is 53.5 Å². The number of aromatic carboxylic acids is 1. The number of nitrogens with zero attached hydrogens (tertiary/aromatic N) is 1. The van der Waals surface area contributed by atoms with Gasteiger partial charge in [0.2, 0.25) is 0 Å². The molecule has 1 heterocycles. The predicted octanol–water partition coefficient (Wildman–Crippen LogP) is 2.61. The number of furan rings is 1. The van der Waals surface area contributed by atoms with Gasteiger partial charge in [0, 0.05) is 5.69 Å². The molecule has 6 nitrogen and oxygen atoms in total. The summed E-state index contributed by atoms with van der Waals surface area (Å²) in [5, 5.41) is 15.9. The van der Waals surface area contributed by atoms with Crippen LogP contribution < -0.4 is 10.7 Å². The molecule has 1 aromatic carbocycles. The monoisotopic (exact) mass is 303 g/mol. The highest BCUT2D eigenvalue weighted by molar-refractivity contribution is 7.80. The maximum absolute atomic E-state index is 10.9. The van der Waals surface area contributed by atoms with Crippen molar-refractivity contribution in [1.82, 2.24) is 5.43 Å². The summed E-state index contributed by atoms with van der Waals surface area (Å²) >= 11 is 5.05. The lowest BCUT2D eigenvalue weighted by Crippen LogP contribution is -2.23. The molecule has 0 aliphatic heterocycles. The van der Waals surface area contributed by atoms with E-state index < -0.39 is 5.97 Å². The van der Waals surface area contributed by atoms with Crippen LogP contribution in [0.1, 0.15) is 21.9 Å². The Balaban J connectivity index is 1.91. The second-order valence-corrected chi connectivity index (χ2v) is 4.57. The van der Waals surface area contributed by atoms with E-state index in [-0.39, 0.29) is 10.7 Å². The summed E-state index contributed by atoms with van der Waals surface area (Å²) in [6, 6.07) is 9.93. The number of hydrazone groups is 1. The lowest BCUT2D eigenvalue weighted by atomic mass is 10.2. The van der Waals surface area contributed by atoms with E-state index in [4.69, 9.17) is 21.7 Å². The highest BCUT2D eigenvalue weighted by Crippen LogP contribution is 2.10. The molecule has 3 N–H and O–H groups in total. The zero-order chi connectivity index (χ0) is 15.2. The molecule has 0 aliphatic rings. The normalized spacial score (nSPS) is 10.5. The second kappa shape index (κ2) is 6.67. The Kier molecular flexibility index (Phi) is 4.68. The molecular formula is C14H13N3O3S. The van der Waals surface area contributed by atoms with Gasteiger partial charge in [-0.3, -0.25) is 5.43 Å². The van der Waals surface area contributed by atoms with E-state index in [9.17, 15) is 4.79 Å². The molecule has 0 bridgehead atoms. The van der Waals surface area contributed by atoms with E-state index in [1.54, 1.807) is 18.2 Å². The van der Waals surface area contributed by atoms with Crippen molar-refractivity contribution in [3.8, 4) is 0 Å². The third-order valence-corrected chi connectivity index (χ3v) is 2.68. The lowest BCUT2D eigenvalue weighted by Gasteiger charge is -2.07. The largest absolute Gasteiger partial charge is 0.478 e. The van der Waals surface area contributed by atoms with Crippen molar-refractivity contribution in [1.29, 1.82) is 0 Å². The highest BCUT2D eigenvalue weighted by Gasteiger charge is 2.03. The third-order valence-electron chi connectivity index (χ3n) is 2.49. The zero-order valence-electron chi connectivity index (χ0n) is 11.2. The van der Waals surface area contributed by atoms with Gasteiger partial charge in [-0.15, -0.1) is 0 Å². The molecule has 0 fully saturated rings. The third kappa shape index (κ3) is 4.43. The second-order valence-electron chi connectivity index (χ2n) is 4.16. The Morgan fingerprint density at radius 3 is 2.86 bits per heavy atom. The summed E-state index contributed by atoms with van der Waals surface area (Å²) in [5.41, 5.74) is 3.36. The number of rotatable bonds is 4. The van der Waals surface area contributed by atoms with E-state index >= 15 is 0 Å². The van der Waals surface area contributed by atoms with Crippen LogP contribution in [0.2, 0.25) is 0 Å². The van der Waals surface area contributed by atoms with E-state index in [1.165, 1.54) is 18.3 Å². The Bertz CT molecular complexity index is 694. The molecule has 0 saturated heterocycles. The molecule has 0 saturated carbocycles. The van der Waals surface area contributed by atoms with Crippen molar-refractivity contribution in [3.63, 3.8) is 0 Å². The number of aryl methyl sites for hydroxylation is 1. The summed E-state index contributed by atoms with van der Waals surface area (Å²) < 4.78 is 5.31. The van der Waals surface area contributed by atoms with Gasteiger partial charge in [0.15, 0.2) is 5.11 Å². The molecule has 0 spiro atoms. The van der Waals surface area contributed by atoms with E-state index in [0.717, 1.165) is 5.76 Å². The average molecular weight is 303 g/mol. The van der Waals surface area contributed by atoms with Crippen LogP contribution in [0.15, 0.2) is 45.9 Å². The van der Waals surface area contributed by atoms with Crippen LogP contribution in [0.3, 0.4) is 0 Å². The molecule has 0 unspecified atom stereocenters. The van der Waals surface area contributed by atoms with Crippen molar-refractivity contribution in [2.75, 3.05) is 5.32 Å². The number of nitrogens with one attached hydrogen (secondary N) is 2. The van der Waals surface area contributed by atoms with Gasteiger partial charge in [-0.1, -0.05) is 6.07 Å². The Labute approximate surface area is 126 Å². The molecule has 1 aromatic heterocycles. The Hall–Kier alpha value is -2.67. The number of hydrogen-bond donors (Lipinski definition) is 3. The molecule has 0 amide bonds. The number of carbonyl (C=O) groups is 1. The molecule has 2 rings (SSSR count). The van der Waals surface area contributed by atoms with Gasteiger partial charge < -0.3 is 14.8 Å². The molecule has 0 radical (unpaired) electrons. The van der Waals surface area contributed by atoms with Crippen LogP contribution in [-0.4, -0.2) is 22.4 Å². The van der Waals surface area contributed by atoms with Gasteiger partial charge in [-0.2, -0.15) is 5.10 Å². The first kappa shape index (κ1) is 14.7. The van der Waals surface area contributed by atoms with Gasteiger partial charge in [0.25, 0.3) is 0 Å². The summed E-state index contributed by atoms with van der Waals surface area (Å²) in [6.45, 7) is 1.84. The summed E-state index contributed by atoms with van der Waals surface area (Å²) in [7, 11) is 0. The van der Waals surface area contributed by atoms with Gasteiger partial charge >= 0.3 is 5.97 Å². The van der Waals surface area contributed by atoms with Crippen molar-refractivity contribution >= 4 is 35.2 Å². The highest BCUT2D eigenvalue weighted by atomic mass is 32.1. The van der Waals surface area contributed by atoms with Crippen LogP contribution in [0.5, 0.6) is 0 Å². The molecule has 0 aliphatic carbocycles. The SMILES string of the molecule is Cc1ccc(/C=N\NC(=S)Nc2cccc(C(=O)O)c2)o1. The van der Waals surface area contributed by atoms with Crippen molar-refractivity contribution < 1.29 is 14.3 Å². The first-order valence-corrected chi connectivity index (χ1v) is 6.45. The first-order valence-electron chi connectivity index (χ1n) is 6.04. The van der Waals surface area contributed by atoms with Gasteiger partial charge in [-0.25, -0.2) is 4.79 Å². The van der Waals surface area contributed by atoms with E-state index in [1.807, 2.05) is 13.0 Å². The minimum atomic E-state index is -0.997. The van der Waals surface area contributed by atoms with Gasteiger partial charge in [-0.05, 0) is 49.5 Å². The Morgan fingerprint density at radius 2 is 2.19 bits per heavy atom. The quantitative estimate of drug-likeness (QED) is 0.457. The van der Waals surface area contributed by atoms with Crippen molar-refractivity contribution in [2.24, 2.45) is 5.10 Å². The van der Waals surface area contributed by atoms with Crippen LogP contribution in [0.25, 0.3) is 0 Å². The zero-order valence-corrected chi connectivity index (χ0v) is 12.0. The smallest absolute Gasteiger partial charge is 0.335 e. The van der Waals surface area contributed by atoms with Crippen LogP contribution in [0, 0.1) is 6.92 Å². The Morgan fingerprint density at radius 1 is 1.38 bits per heavy atom. The number of carboxylic acids is 1. The number of hydrogen-bond acceptors (Lipinski definition) is 4. The minimum absolute atomic E-state index is 0.178. The van der Waals surface area contributed by atoms with Crippen molar-refractivity contribution in [2.45, 2.75) is 6.92 Å². The van der Waals surface area contributed by atoms with E-state index in [0.29, 0.717) is 11.4 Å². The van der Waals surface area contributed by atoms with Gasteiger partial charge in [0.1, 0.15) is 11.5 Å². The summed E-state index contributed by atoms with van der Waals surface area (Å²) in [4.78, 5) is 10.9. The first-order chi connectivity index (χ1) is 10.0. The molecule has 0 atom stereocenters. The standard InChI is InChI=1S/C14H13N3O3S/c1-9-5-6-12(20-9)8-15-17-14(21)16-11-4-2-3-10(7-11)13(18)19/h2-8H,1H3,(H,18,19)(H2,16,17,21)/b15-8-. The number of carboxylic acid groups (broad SMARTS) is 1. The number of anilines is 1. The summed E-state index contributed by atoms with van der Waals surface area (Å²) in [5.74, 6) is 0.405. The van der Waals surface area contributed by atoms with E-state index in [2.05, 4.69) is 15.8 Å². The fourth-order valence-electron chi connectivity index (χ4n) is 1.57.